The molecule has 1 aromatic carbocycles. The molecule has 1 aliphatic heterocycles. The van der Waals surface area contributed by atoms with Crippen molar-refractivity contribution in [3.8, 4) is 0 Å². The molecule has 5 nitrogen and oxygen atoms in total. The number of urea groups is 1. The topological polar surface area (TPSA) is 75.4 Å². The van der Waals surface area contributed by atoms with Gasteiger partial charge in [0.2, 0.25) is 5.91 Å². The van der Waals surface area contributed by atoms with Gasteiger partial charge in [0, 0.05) is 18.8 Å². The zero-order valence-corrected chi connectivity index (χ0v) is 12.1. The van der Waals surface area contributed by atoms with E-state index in [1.165, 1.54) is 6.07 Å². The number of likely N-dealkylation sites (tertiary alicyclic amines) is 1. The van der Waals surface area contributed by atoms with Gasteiger partial charge in [0.15, 0.2) is 0 Å². The number of nitrogens with zero attached hydrogens (tertiary/aromatic N) is 1. The van der Waals surface area contributed by atoms with Crippen LogP contribution < -0.4 is 11.1 Å². The lowest BCUT2D eigenvalue weighted by Gasteiger charge is -2.31. The van der Waals surface area contributed by atoms with Gasteiger partial charge in [-0.05, 0) is 37.0 Å². The number of hydrogen-bond donors (Lipinski definition) is 2. The van der Waals surface area contributed by atoms with E-state index in [1.54, 1.807) is 17.0 Å². The predicted octanol–water partition coefficient (Wildman–Crippen LogP) is 2.70. The van der Waals surface area contributed by atoms with Crippen LogP contribution in [0.4, 0.5) is 10.5 Å². The third kappa shape index (κ3) is 3.42. The molecule has 0 aromatic heterocycles. The van der Waals surface area contributed by atoms with Gasteiger partial charge in [-0.15, -0.1) is 0 Å². The molecular weight excluding hydrogens is 278 g/mol. The van der Waals surface area contributed by atoms with Crippen molar-refractivity contribution in [3.05, 3.63) is 28.8 Å². The Morgan fingerprint density at radius 2 is 2.20 bits per heavy atom. The maximum atomic E-state index is 12.1. The number of rotatable bonds is 2. The van der Waals surface area contributed by atoms with Gasteiger partial charge >= 0.3 is 6.03 Å². The lowest BCUT2D eigenvalue weighted by molar-refractivity contribution is 0.100. The SMILES string of the molecule is CC1CCCN(C(=O)Nc2ccc(Cl)c(C(N)=O)c2)C1. The first-order chi connectivity index (χ1) is 9.47. The minimum Gasteiger partial charge on any atom is -0.366 e. The number of amides is 3. The molecule has 3 N–H and O–H groups in total. The van der Waals surface area contributed by atoms with E-state index in [0.717, 1.165) is 25.9 Å². The van der Waals surface area contributed by atoms with Crippen LogP contribution in [0.1, 0.15) is 30.1 Å². The molecular formula is C14H18ClN3O2. The second-order valence-corrected chi connectivity index (χ2v) is 5.59. The fraction of sp³-hybridized carbons (Fsp3) is 0.429. The minimum atomic E-state index is -0.613. The Balaban J connectivity index is 2.07. The van der Waals surface area contributed by atoms with Crippen molar-refractivity contribution in [3.63, 3.8) is 0 Å². The summed E-state index contributed by atoms with van der Waals surface area (Å²) in [6, 6.07) is 4.54. The first-order valence-corrected chi connectivity index (χ1v) is 7.00. The summed E-state index contributed by atoms with van der Waals surface area (Å²) >= 11 is 5.87. The van der Waals surface area contributed by atoms with E-state index >= 15 is 0 Å². The number of halogens is 1. The van der Waals surface area contributed by atoms with Crippen LogP contribution in [-0.4, -0.2) is 29.9 Å². The third-order valence-electron chi connectivity index (χ3n) is 3.43. The van der Waals surface area contributed by atoms with Crippen LogP contribution >= 0.6 is 11.6 Å². The number of hydrogen-bond acceptors (Lipinski definition) is 2. The standard InChI is InChI=1S/C14H18ClN3O2/c1-9-3-2-6-18(8-9)14(20)17-10-4-5-12(15)11(7-10)13(16)19/h4-5,7,9H,2-3,6,8H2,1H3,(H2,16,19)(H,17,20). The van der Waals surface area contributed by atoms with Crippen LogP contribution in [-0.2, 0) is 0 Å². The van der Waals surface area contributed by atoms with Crippen LogP contribution in [0.15, 0.2) is 18.2 Å². The van der Waals surface area contributed by atoms with Crippen LogP contribution in [0, 0.1) is 5.92 Å². The molecule has 2 rings (SSSR count). The summed E-state index contributed by atoms with van der Waals surface area (Å²) in [7, 11) is 0. The smallest absolute Gasteiger partial charge is 0.321 e. The fourth-order valence-electron chi connectivity index (χ4n) is 2.37. The molecule has 1 aliphatic rings. The van der Waals surface area contributed by atoms with Gasteiger partial charge in [-0.1, -0.05) is 18.5 Å². The van der Waals surface area contributed by atoms with Crippen molar-refractivity contribution >= 4 is 29.2 Å². The van der Waals surface area contributed by atoms with Crippen LogP contribution in [0.5, 0.6) is 0 Å². The maximum Gasteiger partial charge on any atom is 0.321 e. The van der Waals surface area contributed by atoms with Gasteiger partial charge in [0.05, 0.1) is 10.6 Å². The van der Waals surface area contributed by atoms with Crippen molar-refractivity contribution in [2.45, 2.75) is 19.8 Å². The van der Waals surface area contributed by atoms with E-state index in [9.17, 15) is 9.59 Å². The van der Waals surface area contributed by atoms with Gasteiger partial charge in [-0.3, -0.25) is 4.79 Å². The first kappa shape index (κ1) is 14.7. The van der Waals surface area contributed by atoms with E-state index in [2.05, 4.69) is 12.2 Å². The molecule has 1 saturated heterocycles. The Morgan fingerprint density at radius 3 is 2.85 bits per heavy atom. The first-order valence-electron chi connectivity index (χ1n) is 6.62. The molecule has 1 heterocycles. The molecule has 0 bridgehead atoms. The van der Waals surface area contributed by atoms with Crippen LogP contribution in [0.2, 0.25) is 5.02 Å². The molecule has 20 heavy (non-hydrogen) atoms. The average molecular weight is 296 g/mol. The Morgan fingerprint density at radius 1 is 1.45 bits per heavy atom. The Labute approximate surface area is 123 Å². The largest absolute Gasteiger partial charge is 0.366 e. The highest BCUT2D eigenvalue weighted by Gasteiger charge is 2.21. The van der Waals surface area contributed by atoms with Crippen molar-refractivity contribution < 1.29 is 9.59 Å². The Kier molecular flexibility index (Phi) is 4.49. The number of anilines is 1. The number of primary amides is 1. The Bertz CT molecular complexity index is 533. The molecule has 3 amide bonds. The molecule has 1 unspecified atom stereocenters. The van der Waals surface area contributed by atoms with Crippen molar-refractivity contribution in [1.29, 1.82) is 0 Å². The van der Waals surface area contributed by atoms with Crippen LogP contribution in [0.3, 0.4) is 0 Å². The van der Waals surface area contributed by atoms with E-state index in [-0.39, 0.29) is 16.6 Å². The highest BCUT2D eigenvalue weighted by atomic mass is 35.5. The lowest BCUT2D eigenvalue weighted by atomic mass is 10.0. The number of carbonyl (C=O) groups is 2. The third-order valence-corrected chi connectivity index (χ3v) is 3.76. The highest BCUT2D eigenvalue weighted by Crippen LogP contribution is 2.21. The molecule has 1 aromatic rings. The van der Waals surface area contributed by atoms with E-state index in [1.807, 2.05) is 0 Å². The van der Waals surface area contributed by atoms with Crippen molar-refractivity contribution in [2.75, 3.05) is 18.4 Å². The lowest BCUT2D eigenvalue weighted by Crippen LogP contribution is -2.41. The monoisotopic (exact) mass is 295 g/mol. The molecule has 6 heteroatoms. The predicted molar refractivity (Wildman–Crippen MR) is 79.0 cm³/mol. The summed E-state index contributed by atoms with van der Waals surface area (Å²) in [4.78, 5) is 25.1. The van der Waals surface area contributed by atoms with Gasteiger partial charge in [0.1, 0.15) is 0 Å². The molecule has 0 aliphatic carbocycles. The number of piperidine rings is 1. The normalized spacial score (nSPS) is 18.7. The fourth-order valence-corrected chi connectivity index (χ4v) is 2.58. The summed E-state index contributed by atoms with van der Waals surface area (Å²) in [5.41, 5.74) is 5.95. The van der Waals surface area contributed by atoms with Gasteiger partial charge in [-0.2, -0.15) is 0 Å². The summed E-state index contributed by atoms with van der Waals surface area (Å²) in [5, 5.41) is 3.05. The molecule has 1 atom stereocenters. The summed E-state index contributed by atoms with van der Waals surface area (Å²) in [5.74, 6) is -0.0985. The maximum absolute atomic E-state index is 12.1. The van der Waals surface area contributed by atoms with Crippen molar-refractivity contribution in [1.82, 2.24) is 4.90 Å². The van der Waals surface area contributed by atoms with Crippen molar-refractivity contribution in [2.24, 2.45) is 11.7 Å². The van der Waals surface area contributed by atoms with Crippen LogP contribution in [0.25, 0.3) is 0 Å². The molecule has 0 saturated carbocycles. The summed E-state index contributed by atoms with van der Waals surface area (Å²) in [6.07, 6.45) is 2.16. The zero-order chi connectivity index (χ0) is 14.7. The van der Waals surface area contributed by atoms with Gasteiger partial charge < -0.3 is 16.0 Å². The second-order valence-electron chi connectivity index (χ2n) is 5.18. The Hall–Kier alpha value is -1.75. The highest BCUT2D eigenvalue weighted by molar-refractivity contribution is 6.33. The number of nitrogens with one attached hydrogen (secondary N) is 1. The van der Waals surface area contributed by atoms with E-state index in [4.69, 9.17) is 17.3 Å². The summed E-state index contributed by atoms with van der Waals surface area (Å²) in [6.45, 7) is 3.64. The minimum absolute atomic E-state index is 0.158. The molecule has 0 spiro atoms. The summed E-state index contributed by atoms with van der Waals surface area (Å²) < 4.78 is 0. The molecule has 1 fully saturated rings. The van der Waals surface area contributed by atoms with E-state index < -0.39 is 5.91 Å². The van der Waals surface area contributed by atoms with E-state index in [0.29, 0.717) is 11.6 Å². The zero-order valence-electron chi connectivity index (χ0n) is 11.4. The average Bonchev–Trinajstić information content (AvgIpc) is 2.40. The number of nitrogens with two attached hydrogens (primary N) is 1. The van der Waals surface area contributed by atoms with Gasteiger partial charge in [-0.25, -0.2) is 4.79 Å². The molecule has 0 radical (unpaired) electrons. The number of benzene rings is 1. The second kappa shape index (κ2) is 6.13. The quantitative estimate of drug-likeness (QED) is 0.880. The molecule has 108 valence electrons. The van der Waals surface area contributed by atoms with Gasteiger partial charge in [0.25, 0.3) is 0 Å². The number of carbonyl (C=O) groups excluding carboxylic acids is 2.